The van der Waals surface area contributed by atoms with Crippen LogP contribution in [0.5, 0.6) is 5.75 Å². The number of ether oxygens (including phenoxy) is 2. The number of piperidine rings is 1. The highest BCUT2D eigenvalue weighted by atomic mass is 32.2. The van der Waals surface area contributed by atoms with Gasteiger partial charge in [-0.25, -0.2) is 0 Å². The topological polar surface area (TPSA) is 148 Å². The molecule has 0 saturated carbocycles. The fourth-order valence-electron chi connectivity index (χ4n) is 4.07. The lowest BCUT2D eigenvalue weighted by Gasteiger charge is -2.32. The van der Waals surface area contributed by atoms with Crippen molar-refractivity contribution < 1.29 is 31.7 Å². The second-order valence-corrected chi connectivity index (χ2v) is 10.5. The Kier molecular flexibility index (Phi) is 10.5. The first-order valence-corrected chi connectivity index (χ1v) is 13.8. The zero-order valence-electron chi connectivity index (χ0n) is 21.5. The van der Waals surface area contributed by atoms with Gasteiger partial charge in [0.15, 0.2) is 0 Å². The van der Waals surface area contributed by atoms with Gasteiger partial charge in [-0.1, -0.05) is 34.9 Å². The summed E-state index contributed by atoms with van der Waals surface area (Å²) in [5.74, 6) is -0.249. The van der Waals surface area contributed by atoms with Gasteiger partial charge in [0, 0.05) is 18.0 Å². The number of likely N-dealkylation sites (tertiary alicyclic amines) is 1. The molecule has 0 aromatic heterocycles. The summed E-state index contributed by atoms with van der Waals surface area (Å²) in [6, 6.07) is 12.3. The van der Waals surface area contributed by atoms with Gasteiger partial charge in [-0.15, -0.1) is 0 Å². The highest BCUT2D eigenvalue weighted by Gasteiger charge is 2.31. The molecule has 1 aliphatic rings. The Labute approximate surface area is 222 Å². The maximum absolute atomic E-state index is 13.0. The maximum Gasteiger partial charge on any atom is 0.309 e. The Hall–Kier alpha value is -3.60. The summed E-state index contributed by atoms with van der Waals surface area (Å²) >= 11 is 0. The molecule has 0 unspecified atom stereocenters. The summed E-state index contributed by atoms with van der Waals surface area (Å²) in [5.41, 5.74) is 10.7. The number of carbonyl (C=O) groups is 2. The molecule has 1 amide bonds. The molecule has 2 aromatic carbocycles. The highest BCUT2D eigenvalue weighted by Crippen LogP contribution is 2.21. The molecule has 2 aromatic rings. The summed E-state index contributed by atoms with van der Waals surface area (Å²) in [5, 5.41) is 3.71. The standard InChI is InChI=1S/C26H32N4O7S/c1-3-35-26(32)21-12-14-30(15-13-21)25(31)24(28-29-27)18-20-6-8-22(9-7-20)36-16-17-37-38(33,34)23-10-4-19(2)5-11-23/h4-11,21,24H,3,12-18H2,1-2H3/t24-/m0/s1. The number of esters is 1. The Morgan fingerprint density at radius 2 is 1.74 bits per heavy atom. The zero-order chi connectivity index (χ0) is 27.5. The molecule has 0 bridgehead atoms. The first-order chi connectivity index (χ1) is 18.2. The molecule has 0 N–H and O–H groups in total. The number of hydrogen-bond donors (Lipinski definition) is 0. The molecule has 0 aliphatic carbocycles. The number of carbonyl (C=O) groups excluding carboxylic acids is 2. The van der Waals surface area contributed by atoms with E-state index in [1.165, 1.54) is 12.1 Å². The van der Waals surface area contributed by atoms with Crippen LogP contribution in [0, 0.1) is 12.8 Å². The molecule has 11 nitrogen and oxygen atoms in total. The van der Waals surface area contributed by atoms with Crippen LogP contribution in [-0.2, 0) is 35.0 Å². The molecule has 1 aliphatic heterocycles. The lowest BCUT2D eigenvalue weighted by Crippen LogP contribution is -2.45. The van der Waals surface area contributed by atoms with E-state index in [1.54, 1.807) is 48.2 Å². The van der Waals surface area contributed by atoms with E-state index in [-0.39, 0.29) is 42.3 Å². The minimum absolute atomic E-state index is 0.0199. The van der Waals surface area contributed by atoms with E-state index in [4.69, 9.17) is 19.2 Å². The molecule has 38 heavy (non-hydrogen) atoms. The molecule has 1 heterocycles. The van der Waals surface area contributed by atoms with Crippen LogP contribution < -0.4 is 4.74 Å². The van der Waals surface area contributed by atoms with Gasteiger partial charge in [0.25, 0.3) is 10.1 Å². The minimum atomic E-state index is -3.86. The summed E-state index contributed by atoms with van der Waals surface area (Å²) in [6.45, 7) is 4.61. The van der Waals surface area contributed by atoms with E-state index in [9.17, 15) is 18.0 Å². The number of benzene rings is 2. The second-order valence-electron chi connectivity index (χ2n) is 8.86. The number of rotatable bonds is 12. The molecular formula is C26H32N4O7S. The molecule has 204 valence electrons. The monoisotopic (exact) mass is 544 g/mol. The summed E-state index contributed by atoms with van der Waals surface area (Å²) in [6.07, 6.45) is 1.23. The number of amides is 1. The van der Waals surface area contributed by atoms with Crippen LogP contribution in [0.1, 0.15) is 30.9 Å². The van der Waals surface area contributed by atoms with Crippen LogP contribution in [0.3, 0.4) is 0 Å². The highest BCUT2D eigenvalue weighted by molar-refractivity contribution is 7.86. The van der Waals surface area contributed by atoms with Crippen molar-refractivity contribution >= 4 is 22.0 Å². The third-order valence-corrected chi connectivity index (χ3v) is 7.48. The average molecular weight is 545 g/mol. The van der Waals surface area contributed by atoms with E-state index in [2.05, 4.69) is 10.0 Å². The van der Waals surface area contributed by atoms with Crippen LogP contribution in [0.4, 0.5) is 0 Å². The molecule has 1 atom stereocenters. The predicted molar refractivity (Wildman–Crippen MR) is 139 cm³/mol. The number of hydrogen-bond acceptors (Lipinski definition) is 8. The van der Waals surface area contributed by atoms with Crippen molar-refractivity contribution in [1.29, 1.82) is 0 Å². The summed E-state index contributed by atoms with van der Waals surface area (Å²) < 4.78 is 40.1. The predicted octanol–water partition coefficient (Wildman–Crippen LogP) is 3.80. The van der Waals surface area contributed by atoms with Crippen LogP contribution in [0.25, 0.3) is 10.4 Å². The van der Waals surface area contributed by atoms with Gasteiger partial charge in [0.05, 0.1) is 17.4 Å². The molecule has 3 rings (SSSR count). The molecule has 0 radical (unpaired) electrons. The number of nitrogens with zero attached hydrogens (tertiary/aromatic N) is 4. The maximum atomic E-state index is 13.0. The number of aryl methyl sites for hydroxylation is 1. The van der Waals surface area contributed by atoms with Gasteiger partial charge in [-0.05, 0) is 68.5 Å². The molecule has 0 spiro atoms. The van der Waals surface area contributed by atoms with Crippen molar-refractivity contribution in [1.82, 2.24) is 4.90 Å². The molecular weight excluding hydrogens is 512 g/mol. The van der Waals surface area contributed by atoms with Crippen molar-refractivity contribution in [3.05, 3.63) is 70.1 Å². The average Bonchev–Trinajstić information content (AvgIpc) is 2.92. The quantitative estimate of drug-likeness (QED) is 0.0985. The van der Waals surface area contributed by atoms with Crippen molar-refractivity contribution in [3.8, 4) is 5.75 Å². The SMILES string of the molecule is CCOC(=O)C1CCN(C(=O)[C@H](Cc2ccc(OCCOS(=O)(=O)c3ccc(C)cc3)cc2)N=[N+]=[N-])CC1. The van der Waals surface area contributed by atoms with E-state index >= 15 is 0 Å². The largest absolute Gasteiger partial charge is 0.491 e. The number of azide groups is 1. The fourth-order valence-corrected chi connectivity index (χ4v) is 4.96. The van der Waals surface area contributed by atoms with Crippen molar-refractivity contribution in [2.75, 3.05) is 32.9 Å². The lowest BCUT2D eigenvalue weighted by atomic mass is 9.96. The van der Waals surface area contributed by atoms with E-state index in [1.807, 2.05) is 6.92 Å². The smallest absolute Gasteiger partial charge is 0.309 e. The van der Waals surface area contributed by atoms with Crippen molar-refractivity contribution in [2.45, 2.75) is 44.0 Å². The second kappa shape index (κ2) is 13.8. The third-order valence-electron chi connectivity index (χ3n) is 6.16. The minimum Gasteiger partial charge on any atom is -0.491 e. The van der Waals surface area contributed by atoms with Crippen LogP contribution in [0.15, 0.2) is 58.5 Å². The van der Waals surface area contributed by atoms with Crippen LogP contribution >= 0.6 is 0 Å². The van der Waals surface area contributed by atoms with E-state index in [0.717, 1.165) is 11.1 Å². The molecule has 1 fully saturated rings. The molecule has 1 saturated heterocycles. The van der Waals surface area contributed by atoms with Gasteiger partial charge in [0.2, 0.25) is 5.91 Å². The Morgan fingerprint density at radius 3 is 2.34 bits per heavy atom. The summed E-state index contributed by atoms with van der Waals surface area (Å²) in [4.78, 5) is 29.5. The van der Waals surface area contributed by atoms with Crippen molar-refractivity contribution in [3.63, 3.8) is 0 Å². The van der Waals surface area contributed by atoms with Gasteiger partial charge >= 0.3 is 5.97 Å². The first-order valence-electron chi connectivity index (χ1n) is 12.4. The van der Waals surface area contributed by atoms with Crippen LogP contribution in [0.2, 0.25) is 0 Å². The first kappa shape index (κ1) is 29.0. The Morgan fingerprint density at radius 1 is 1.08 bits per heavy atom. The normalized spacial score (nSPS) is 14.8. The van der Waals surface area contributed by atoms with Gasteiger partial charge in [-0.2, -0.15) is 8.42 Å². The fraction of sp³-hybridized carbons (Fsp3) is 0.462. The molecule has 12 heteroatoms. The van der Waals surface area contributed by atoms with Gasteiger partial charge in [-0.3, -0.25) is 13.8 Å². The Balaban J connectivity index is 1.48. The lowest BCUT2D eigenvalue weighted by molar-refractivity contribution is -0.151. The van der Waals surface area contributed by atoms with Crippen molar-refractivity contribution in [2.24, 2.45) is 11.0 Å². The van der Waals surface area contributed by atoms with E-state index < -0.39 is 16.2 Å². The zero-order valence-corrected chi connectivity index (χ0v) is 22.3. The van der Waals surface area contributed by atoms with E-state index in [0.29, 0.717) is 38.3 Å². The summed E-state index contributed by atoms with van der Waals surface area (Å²) in [7, 11) is -3.86. The van der Waals surface area contributed by atoms with Gasteiger partial charge < -0.3 is 14.4 Å². The third kappa shape index (κ3) is 8.20. The Bertz CT molecular complexity index is 1240. The van der Waals surface area contributed by atoms with Gasteiger partial charge in [0.1, 0.15) is 25.0 Å². The van der Waals surface area contributed by atoms with Crippen LogP contribution in [-0.4, -0.2) is 64.1 Å².